The molecule has 0 bridgehead atoms. The topological polar surface area (TPSA) is 55.4 Å². The molecule has 1 amide bonds. The maximum absolute atomic E-state index is 12.3. The molecule has 1 aromatic rings. The van der Waals surface area contributed by atoms with Crippen LogP contribution < -0.4 is 5.32 Å². The molecule has 0 heterocycles. The number of halogens is 1. The molecule has 0 unspecified atom stereocenters. The van der Waals surface area contributed by atoms with Crippen LogP contribution >= 0.6 is 15.9 Å². The summed E-state index contributed by atoms with van der Waals surface area (Å²) in [5.41, 5.74) is -0.882. The van der Waals surface area contributed by atoms with Crippen molar-refractivity contribution in [2.24, 2.45) is 5.41 Å². The number of alkyl halides is 1. The van der Waals surface area contributed by atoms with Gasteiger partial charge >= 0.3 is 5.97 Å². The van der Waals surface area contributed by atoms with Crippen molar-refractivity contribution in [2.45, 2.75) is 39.8 Å². The highest BCUT2D eigenvalue weighted by Crippen LogP contribution is 2.22. The largest absolute Gasteiger partial charge is 0.448 e. The van der Waals surface area contributed by atoms with Crippen LogP contribution in [0.1, 0.15) is 33.3 Å². The lowest BCUT2D eigenvalue weighted by Gasteiger charge is -2.29. The Morgan fingerprint density at radius 2 is 1.71 bits per heavy atom. The van der Waals surface area contributed by atoms with Gasteiger partial charge in [0, 0.05) is 6.54 Å². The van der Waals surface area contributed by atoms with Gasteiger partial charge in [0.1, 0.15) is 0 Å². The summed E-state index contributed by atoms with van der Waals surface area (Å²) in [5, 5.41) is 3.04. The van der Waals surface area contributed by atoms with Crippen molar-refractivity contribution >= 4 is 27.8 Å². The van der Waals surface area contributed by atoms with Gasteiger partial charge < -0.3 is 10.1 Å². The fourth-order valence-electron chi connectivity index (χ4n) is 1.46. The molecule has 1 N–H and O–H groups in total. The number of benzene rings is 1. The Hall–Kier alpha value is -1.36. The Bertz CT molecular complexity index is 496. The Labute approximate surface area is 134 Å². The van der Waals surface area contributed by atoms with Gasteiger partial charge in [-0.3, -0.25) is 9.59 Å². The highest BCUT2D eigenvalue weighted by molar-refractivity contribution is 9.09. The molecule has 0 radical (unpaired) electrons. The van der Waals surface area contributed by atoms with Crippen molar-refractivity contribution in [1.29, 1.82) is 0 Å². The van der Waals surface area contributed by atoms with Crippen molar-refractivity contribution in [3.8, 4) is 0 Å². The lowest BCUT2D eigenvalue weighted by Crippen LogP contribution is -2.50. The van der Waals surface area contributed by atoms with Gasteiger partial charge in [0.15, 0.2) is 5.60 Å². The molecule has 0 saturated heterocycles. The molecular formula is C16H22BrNO3. The van der Waals surface area contributed by atoms with Gasteiger partial charge in [-0.1, -0.05) is 46.3 Å². The van der Waals surface area contributed by atoms with Crippen LogP contribution in [0.2, 0.25) is 0 Å². The smallest absolute Gasteiger partial charge is 0.312 e. The number of nitrogens with one attached hydrogen (secondary N) is 1. The average molecular weight is 356 g/mol. The third-order valence-electron chi connectivity index (χ3n) is 2.96. The molecule has 21 heavy (non-hydrogen) atoms. The minimum atomic E-state index is -1.22. The average Bonchev–Trinajstić information content (AvgIpc) is 2.44. The van der Waals surface area contributed by atoms with Crippen LogP contribution in [-0.2, 0) is 20.9 Å². The summed E-state index contributed by atoms with van der Waals surface area (Å²) >= 11 is 3.26. The van der Waals surface area contributed by atoms with Crippen LogP contribution in [0.5, 0.6) is 0 Å². The molecular weight excluding hydrogens is 334 g/mol. The highest BCUT2D eigenvalue weighted by atomic mass is 79.9. The summed E-state index contributed by atoms with van der Waals surface area (Å²) in [5.74, 6) is -0.722. The van der Waals surface area contributed by atoms with Crippen LogP contribution in [0.25, 0.3) is 0 Å². The number of hydrogen-bond acceptors (Lipinski definition) is 3. The van der Waals surface area contributed by atoms with Crippen molar-refractivity contribution in [3.63, 3.8) is 0 Å². The van der Waals surface area contributed by atoms with E-state index in [-0.39, 0.29) is 11.2 Å². The predicted molar refractivity (Wildman–Crippen MR) is 86.0 cm³/mol. The fourth-order valence-corrected chi connectivity index (χ4v) is 1.83. The molecule has 0 saturated carbocycles. The first-order valence-electron chi connectivity index (χ1n) is 6.81. The Morgan fingerprint density at radius 3 is 2.19 bits per heavy atom. The van der Waals surface area contributed by atoms with Crippen molar-refractivity contribution < 1.29 is 14.3 Å². The van der Waals surface area contributed by atoms with E-state index in [4.69, 9.17) is 4.74 Å². The molecule has 1 aromatic carbocycles. The van der Waals surface area contributed by atoms with Gasteiger partial charge in [-0.05, 0) is 33.3 Å². The first-order chi connectivity index (χ1) is 9.69. The Kier molecular flexibility index (Phi) is 5.96. The van der Waals surface area contributed by atoms with Crippen LogP contribution in [0.4, 0.5) is 0 Å². The second-order valence-electron chi connectivity index (χ2n) is 6.17. The van der Waals surface area contributed by atoms with E-state index in [0.29, 0.717) is 6.54 Å². The molecule has 0 aliphatic carbocycles. The number of esters is 1. The van der Waals surface area contributed by atoms with Gasteiger partial charge in [-0.25, -0.2) is 0 Å². The van der Waals surface area contributed by atoms with Gasteiger partial charge in [-0.15, -0.1) is 0 Å². The molecule has 0 aliphatic rings. The van der Waals surface area contributed by atoms with E-state index in [1.165, 1.54) is 0 Å². The van der Waals surface area contributed by atoms with Gasteiger partial charge in [0.05, 0.1) is 10.7 Å². The molecule has 1 rings (SSSR count). The number of hydrogen-bond donors (Lipinski definition) is 1. The van der Waals surface area contributed by atoms with Crippen LogP contribution in [0, 0.1) is 5.41 Å². The zero-order chi connectivity index (χ0) is 16.1. The Balaban J connectivity index is 2.69. The summed E-state index contributed by atoms with van der Waals surface area (Å²) in [7, 11) is 0. The van der Waals surface area contributed by atoms with Crippen molar-refractivity contribution in [2.75, 3.05) is 5.33 Å². The van der Waals surface area contributed by atoms with E-state index < -0.39 is 17.0 Å². The number of carbonyl (C=O) groups excluding carboxylic acids is 2. The molecule has 1 atom stereocenters. The van der Waals surface area contributed by atoms with Crippen LogP contribution in [0.15, 0.2) is 30.3 Å². The van der Waals surface area contributed by atoms with E-state index in [2.05, 4.69) is 21.2 Å². The molecule has 5 heteroatoms. The van der Waals surface area contributed by atoms with Crippen LogP contribution in [0.3, 0.4) is 0 Å². The highest BCUT2D eigenvalue weighted by Gasteiger charge is 2.39. The monoisotopic (exact) mass is 355 g/mol. The minimum absolute atomic E-state index is 0.239. The summed E-state index contributed by atoms with van der Waals surface area (Å²) in [4.78, 5) is 24.3. The molecule has 4 nitrogen and oxygen atoms in total. The first-order valence-corrected chi connectivity index (χ1v) is 7.93. The zero-order valence-corrected chi connectivity index (χ0v) is 14.5. The van der Waals surface area contributed by atoms with E-state index in [1.807, 2.05) is 30.3 Å². The molecule has 0 spiro atoms. The van der Waals surface area contributed by atoms with Gasteiger partial charge in [0.2, 0.25) is 0 Å². The molecule has 116 valence electrons. The molecule has 0 aromatic heterocycles. The maximum Gasteiger partial charge on any atom is 0.312 e. The van der Waals surface area contributed by atoms with E-state index in [0.717, 1.165) is 5.56 Å². The summed E-state index contributed by atoms with van der Waals surface area (Å²) in [6.07, 6.45) is 0. The van der Waals surface area contributed by atoms with E-state index >= 15 is 0 Å². The number of ether oxygens (including phenoxy) is 1. The predicted octanol–water partition coefficient (Wildman–Crippen LogP) is 3.05. The van der Waals surface area contributed by atoms with E-state index in [1.54, 1.807) is 27.7 Å². The number of amides is 1. The Morgan fingerprint density at radius 1 is 1.14 bits per heavy atom. The minimum Gasteiger partial charge on any atom is -0.448 e. The quantitative estimate of drug-likeness (QED) is 0.652. The van der Waals surface area contributed by atoms with Crippen molar-refractivity contribution in [1.82, 2.24) is 5.32 Å². The van der Waals surface area contributed by atoms with Crippen LogP contribution in [-0.4, -0.2) is 22.8 Å². The molecule has 0 aliphatic heterocycles. The second kappa shape index (κ2) is 7.07. The summed E-state index contributed by atoms with van der Waals surface area (Å²) < 4.78 is 5.40. The normalized spacial score (nSPS) is 14.1. The summed E-state index contributed by atoms with van der Waals surface area (Å²) in [6, 6.07) is 9.58. The lowest BCUT2D eigenvalue weighted by atomic mass is 9.96. The number of carbonyl (C=O) groups is 2. The SMILES string of the molecule is CC(C)(C)C(=O)O[C@](C)(CBr)C(=O)NCc1ccccc1. The lowest BCUT2D eigenvalue weighted by molar-refractivity contribution is -0.171. The van der Waals surface area contributed by atoms with Gasteiger partial charge in [0.25, 0.3) is 5.91 Å². The van der Waals surface area contributed by atoms with Crippen molar-refractivity contribution in [3.05, 3.63) is 35.9 Å². The standard InChI is InChI=1S/C16H22BrNO3/c1-15(2,3)14(20)21-16(4,11-17)13(19)18-10-12-8-6-5-7-9-12/h5-9H,10-11H2,1-4H3,(H,18,19)/t16-/m1/s1. The van der Waals surface area contributed by atoms with E-state index in [9.17, 15) is 9.59 Å². The third kappa shape index (κ3) is 5.16. The fraction of sp³-hybridized carbons (Fsp3) is 0.500. The number of rotatable bonds is 5. The third-order valence-corrected chi connectivity index (χ3v) is 4.03. The molecule has 0 fully saturated rings. The van der Waals surface area contributed by atoms with Gasteiger partial charge in [-0.2, -0.15) is 0 Å². The second-order valence-corrected chi connectivity index (χ2v) is 6.73. The zero-order valence-electron chi connectivity index (χ0n) is 12.9. The maximum atomic E-state index is 12.3. The summed E-state index contributed by atoms with van der Waals surface area (Å²) in [6.45, 7) is 7.27. The first kappa shape index (κ1) is 17.7.